The van der Waals surface area contributed by atoms with Crippen LogP contribution in [-0.2, 0) is 9.53 Å². The Hall–Kier alpha value is -2.19. The van der Waals surface area contributed by atoms with Crippen LogP contribution in [0.1, 0.15) is 23.2 Å². The summed E-state index contributed by atoms with van der Waals surface area (Å²) in [7, 11) is 0. The molecule has 1 aromatic heterocycles. The summed E-state index contributed by atoms with van der Waals surface area (Å²) in [6, 6.07) is 8.64. The van der Waals surface area contributed by atoms with Crippen LogP contribution in [0.2, 0.25) is 0 Å². The zero-order chi connectivity index (χ0) is 17.6. The minimum Gasteiger partial charge on any atom is -0.376 e. The van der Waals surface area contributed by atoms with Crippen molar-refractivity contribution in [3.05, 3.63) is 46.6 Å². The van der Waals surface area contributed by atoms with Crippen LogP contribution in [-0.4, -0.2) is 47.7 Å². The van der Waals surface area contributed by atoms with E-state index < -0.39 is 0 Å². The topological polar surface area (TPSA) is 84.7 Å². The minimum atomic E-state index is -0.338. The number of aromatic nitrogens is 1. The Morgan fingerprint density at radius 3 is 2.92 bits per heavy atom. The van der Waals surface area contributed by atoms with Gasteiger partial charge in [-0.25, -0.2) is 0 Å². The largest absolute Gasteiger partial charge is 0.376 e. The number of hydrogen-bond acceptors (Lipinski definition) is 5. The average molecular weight is 408 g/mol. The Kier molecular flexibility index (Phi) is 5.83. The maximum Gasteiger partial charge on any atom is 0.254 e. The van der Waals surface area contributed by atoms with Crippen molar-refractivity contribution < 1.29 is 18.8 Å². The number of benzene rings is 1. The van der Waals surface area contributed by atoms with Gasteiger partial charge < -0.3 is 19.5 Å². The van der Waals surface area contributed by atoms with E-state index in [-0.39, 0.29) is 24.5 Å². The highest BCUT2D eigenvalue weighted by Gasteiger charge is 2.25. The highest BCUT2D eigenvalue weighted by Crippen LogP contribution is 2.17. The molecule has 25 heavy (non-hydrogen) atoms. The second kappa shape index (κ2) is 8.26. The van der Waals surface area contributed by atoms with Gasteiger partial charge in [-0.2, -0.15) is 0 Å². The van der Waals surface area contributed by atoms with Crippen LogP contribution in [0.5, 0.6) is 0 Å². The van der Waals surface area contributed by atoms with Gasteiger partial charge in [0.05, 0.1) is 6.10 Å². The molecule has 0 unspecified atom stereocenters. The molecule has 0 saturated carbocycles. The smallest absolute Gasteiger partial charge is 0.254 e. The lowest BCUT2D eigenvalue weighted by Crippen LogP contribution is -2.42. The SMILES string of the molecule is O=C(CN(C[C@H]1CCCO1)C(=O)c1cccc(Br)c1)Nc1ccon1. The van der Waals surface area contributed by atoms with Crippen molar-refractivity contribution in [3.8, 4) is 0 Å². The van der Waals surface area contributed by atoms with Crippen LogP contribution < -0.4 is 5.32 Å². The van der Waals surface area contributed by atoms with Crippen LogP contribution in [0.3, 0.4) is 0 Å². The number of ether oxygens (including phenoxy) is 1. The van der Waals surface area contributed by atoms with E-state index in [4.69, 9.17) is 4.74 Å². The molecule has 0 bridgehead atoms. The summed E-state index contributed by atoms with van der Waals surface area (Å²) in [4.78, 5) is 26.6. The molecule has 2 amide bonds. The lowest BCUT2D eigenvalue weighted by molar-refractivity contribution is -0.117. The van der Waals surface area contributed by atoms with E-state index in [1.54, 1.807) is 24.3 Å². The van der Waals surface area contributed by atoms with E-state index in [2.05, 4.69) is 30.9 Å². The summed E-state index contributed by atoms with van der Waals surface area (Å²) in [6.07, 6.45) is 3.17. The van der Waals surface area contributed by atoms with E-state index in [1.165, 1.54) is 11.2 Å². The first-order valence-electron chi connectivity index (χ1n) is 7.98. The van der Waals surface area contributed by atoms with Gasteiger partial charge in [-0.05, 0) is 31.0 Å². The molecule has 0 radical (unpaired) electrons. The van der Waals surface area contributed by atoms with E-state index in [0.717, 1.165) is 17.3 Å². The summed E-state index contributed by atoms with van der Waals surface area (Å²) in [5.41, 5.74) is 0.515. The predicted octanol–water partition coefficient (Wildman–Crippen LogP) is 2.70. The first-order valence-corrected chi connectivity index (χ1v) is 8.78. The van der Waals surface area contributed by atoms with Crippen LogP contribution in [0.25, 0.3) is 0 Å². The predicted molar refractivity (Wildman–Crippen MR) is 94.2 cm³/mol. The Bertz CT molecular complexity index is 729. The van der Waals surface area contributed by atoms with Gasteiger partial charge in [-0.15, -0.1) is 0 Å². The van der Waals surface area contributed by atoms with Gasteiger partial charge in [-0.1, -0.05) is 27.2 Å². The van der Waals surface area contributed by atoms with E-state index in [0.29, 0.717) is 24.5 Å². The molecule has 8 heteroatoms. The summed E-state index contributed by atoms with van der Waals surface area (Å²) >= 11 is 3.37. The molecule has 0 aliphatic carbocycles. The third-order valence-corrected chi connectivity index (χ3v) is 4.34. The number of amides is 2. The van der Waals surface area contributed by atoms with Gasteiger partial charge in [-0.3, -0.25) is 9.59 Å². The number of anilines is 1. The van der Waals surface area contributed by atoms with Crippen molar-refractivity contribution >= 4 is 33.6 Å². The van der Waals surface area contributed by atoms with E-state index >= 15 is 0 Å². The molecule has 1 saturated heterocycles. The van der Waals surface area contributed by atoms with Gasteiger partial charge in [0.15, 0.2) is 5.82 Å². The number of halogens is 1. The highest BCUT2D eigenvalue weighted by atomic mass is 79.9. The molecule has 1 aromatic carbocycles. The Balaban J connectivity index is 1.71. The number of carbonyl (C=O) groups excluding carboxylic acids is 2. The quantitative estimate of drug-likeness (QED) is 0.795. The fourth-order valence-electron chi connectivity index (χ4n) is 2.69. The standard InChI is InChI=1S/C17H18BrN3O4/c18-13-4-1-3-12(9-13)17(23)21(10-14-5-2-7-24-14)11-16(22)19-15-6-8-25-20-15/h1,3-4,6,8-9,14H,2,5,7,10-11H2,(H,19,20,22)/t14-/m1/s1. The average Bonchev–Trinajstić information content (AvgIpc) is 3.27. The number of carbonyl (C=O) groups is 2. The van der Waals surface area contributed by atoms with Crippen molar-refractivity contribution in [2.75, 3.05) is 25.0 Å². The van der Waals surface area contributed by atoms with Crippen LogP contribution in [0.15, 0.2) is 45.6 Å². The highest BCUT2D eigenvalue weighted by molar-refractivity contribution is 9.10. The summed E-state index contributed by atoms with van der Waals surface area (Å²) in [6.45, 7) is 0.977. The maximum atomic E-state index is 12.9. The van der Waals surface area contributed by atoms with E-state index in [1.807, 2.05) is 6.07 Å². The van der Waals surface area contributed by atoms with E-state index in [9.17, 15) is 9.59 Å². The second-order valence-electron chi connectivity index (χ2n) is 5.76. The maximum absolute atomic E-state index is 12.9. The minimum absolute atomic E-state index is 0.0454. The first kappa shape index (κ1) is 17.6. The van der Waals surface area contributed by atoms with Gasteiger partial charge in [0.2, 0.25) is 5.91 Å². The molecule has 7 nitrogen and oxygen atoms in total. The monoisotopic (exact) mass is 407 g/mol. The summed E-state index contributed by atoms with van der Waals surface area (Å²) < 4.78 is 11.1. The summed E-state index contributed by atoms with van der Waals surface area (Å²) in [5, 5.41) is 6.25. The Morgan fingerprint density at radius 1 is 1.36 bits per heavy atom. The molecule has 2 heterocycles. The third kappa shape index (κ3) is 4.90. The zero-order valence-electron chi connectivity index (χ0n) is 13.5. The first-order chi connectivity index (χ1) is 12.1. The summed E-state index contributed by atoms with van der Waals surface area (Å²) in [5.74, 6) is -0.237. The molecule has 132 valence electrons. The Morgan fingerprint density at radius 2 is 2.24 bits per heavy atom. The fourth-order valence-corrected chi connectivity index (χ4v) is 3.09. The third-order valence-electron chi connectivity index (χ3n) is 3.85. The molecule has 1 N–H and O–H groups in total. The van der Waals surface area contributed by atoms with Crippen molar-refractivity contribution in [2.24, 2.45) is 0 Å². The second-order valence-corrected chi connectivity index (χ2v) is 6.68. The van der Waals surface area contributed by atoms with Gasteiger partial charge in [0, 0.05) is 29.3 Å². The lowest BCUT2D eigenvalue weighted by Gasteiger charge is -2.25. The van der Waals surface area contributed by atoms with Crippen molar-refractivity contribution in [2.45, 2.75) is 18.9 Å². The fraction of sp³-hybridized carbons (Fsp3) is 0.353. The van der Waals surface area contributed by atoms with Crippen molar-refractivity contribution in [3.63, 3.8) is 0 Å². The molecule has 1 atom stereocenters. The molecule has 1 aliphatic rings. The van der Waals surface area contributed by atoms with Gasteiger partial charge >= 0.3 is 0 Å². The number of rotatable bonds is 6. The zero-order valence-corrected chi connectivity index (χ0v) is 15.1. The van der Waals surface area contributed by atoms with Crippen molar-refractivity contribution in [1.82, 2.24) is 10.1 Å². The van der Waals surface area contributed by atoms with Crippen LogP contribution in [0.4, 0.5) is 5.82 Å². The van der Waals surface area contributed by atoms with Crippen LogP contribution in [0, 0.1) is 0 Å². The van der Waals surface area contributed by atoms with Crippen LogP contribution >= 0.6 is 15.9 Å². The molecule has 1 aliphatic heterocycles. The number of nitrogens with one attached hydrogen (secondary N) is 1. The van der Waals surface area contributed by atoms with Crippen molar-refractivity contribution in [1.29, 1.82) is 0 Å². The normalized spacial score (nSPS) is 16.6. The van der Waals surface area contributed by atoms with Gasteiger partial charge in [0.25, 0.3) is 5.91 Å². The number of hydrogen-bond donors (Lipinski definition) is 1. The Labute approximate surface area is 153 Å². The molecular weight excluding hydrogens is 390 g/mol. The molecule has 3 rings (SSSR count). The molecule has 0 spiro atoms. The molecule has 1 fully saturated rings. The molecular formula is C17H18BrN3O4. The molecule has 2 aromatic rings. The lowest BCUT2D eigenvalue weighted by atomic mass is 10.1. The number of nitrogens with zero attached hydrogens (tertiary/aromatic N) is 2. The van der Waals surface area contributed by atoms with Gasteiger partial charge in [0.1, 0.15) is 12.8 Å².